The van der Waals surface area contributed by atoms with E-state index in [9.17, 15) is 19.8 Å². The van der Waals surface area contributed by atoms with Crippen LogP contribution in [0.1, 0.15) is 11.1 Å². The summed E-state index contributed by atoms with van der Waals surface area (Å²) in [5.41, 5.74) is 12.9. The number of likely N-dealkylation sites (N-methyl/N-ethyl adjacent to an activating group) is 2. The highest BCUT2D eigenvalue weighted by Crippen LogP contribution is 2.37. The average Bonchev–Trinajstić information content (AvgIpc) is 2.66. The molecule has 0 saturated heterocycles. The molecule has 2 aromatic carbocycles. The lowest BCUT2D eigenvalue weighted by molar-refractivity contribution is -0.119. The lowest BCUT2D eigenvalue weighted by Gasteiger charge is -2.25. The molecule has 0 radical (unpaired) electrons. The molecule has 6 N–H and O–H groups in total. The van der Waals surface area contributed by atoms with E-state index < -0.39 is 23.9 Å². The molecule has 8 nitrogen and oxygen atoms in total. The zero-order valence-electron chi connectivity index (χ0n) is 15.8. The van der Waals surface area contributed by atoms with Gasteiger partial charge < -0.3 is 32.3 Å². The summed E-state index contributed by atoms with van der Waals surface area (Å²) in [5.74, 6) is -1.15. The third-order valence-corrected chi connectivity index (χ3v) is 4.55. The molecule has 0 fully saturated rings. The first-order valence-electron chi connectivity index (χ1n) is 8.67. The maximum atomic E-state index is 11.4. The number of carbonyl (C=O) groups excluding carboxylic acids is 2. The van der Waals surface area contributed by atoms with E-state index >= 15 is 0 Å². The number of phenolic OH excluding ortho intramolecular Hbond substituents is 2. The van der Waals surface area contributed by atoms with E-state index in [0.29, 0.717) is 11.1 Å². The van der Waals surface area contributed by atoms with Gasteiger partial charge in [0.25, 0.3) is 0 Å². The molecule has 2 rings (SSSR count). The Kier molecular flexibility index (Phi) is 6.97. The van der Waals surface area contributed by atoms with Crippen LogP contribution in [0.3, 0.4) is 0 Å². The molecule has 0 unspecified atom stereocenters. The third kappa shape index (κ3) is 4.99. The van der Waals surface area contributed by atoms with Gasteiger partial charge in [-0.2, -0.15) is 14.1 Å². The fourth-order valence-corrected chi connectivity index (χ4v) is 2.94. The first-order chi connectivity index (χ1) is 13.3. The van der Waals surface area contributed by atoms with E-state index in [1.54, 1.807) is 24.3 Å². The van der Waals surface area contributed by atoms with Crippen molar-refractivity contribution in [3.05, 3.63) is 58.2 Å². The van der Waals surface area contributed by atoms with Crippen molar-refractivity contribution >= 4 is 11.8 Å². The maximum absolute atomic E-state index is 11.4. The number of hydrogen-bond donors (Lipinski definition) is 4. The van der Waals surface area contributed by atoms with Gasteiger partial charge >= 0.3 is 0 Å². The summed E-state index contributed by atoms with van der Waals surface area (Å²) in [7, 11) is 3.03. The molecular weight excluding hydrogens is 360 g/mol. The number of hydrogen-bond acceptors (Lipinski definition) is 4. The van der Waals surface area contributed by atoms with Gasteiger partial charge in [0.2, 0.25) is 0 Å². The molecule has 0 heterocycles. The molecule has 0 aromatic heterocycles. The zero-order valence-corrected chi connectivity index (χ0v) is 15.8. The highest BCUT2D eigenvalue weighted by atomic mass is 16.3. The van der Waals surface area contributed by atoms with E-state index in [1.165, 1.54) is 26.2 Å². The molecule has 0 spiro atoms. The number of nitrogens with zero attached hydrogens (tertiary/aromatic N) is 2. The number of primary amides is 2. The van der Waals surface area contributed by atoms with Crippen molar-refractivity contribution in [3.63, 3.8) is 0 Å². The van der Waals surface area contributed by atoms with E-state index in [4.69, 9.17) is 11.5 Å². The molecule has 2 aromatic rings. The fourth-order valence-electron chi connectivity index (χ4n) is 2.94. The van der Waals surface area contributed by atoms with E-state index in [2.05, 4.69) is 10.6 Å². The topological polar surface area (TPSA) is 155 Å². The summed E-state index contributed by atoms with van der Waals surface area (Å²) in [4.78, 5) is 22.9. The number of nitrogens with two attached hydrogens (primary N) is 2. The molecule has 0 bridgehead atoms. The van der Waals surface area contributed by atoms with Crippen molar-refractivity contribution in [3.8, 4) is 22.6 Å². The molecule has 28 heavy (non-hydrogen) atoms. The zero-order chi connectivity index (χ0) is 20.8. The average molecular weight is 384 g/mol. The normalized spacial score (nSPS) is 13.1. The van der Waals surface area contributed by atoms with Gasteiger partial charge in [0.05, 0.1) is 0 Å². The Balaban J connectivity index is 2.40. The van der Waals surface area contributed by atoms with Crippen LogP contribution in [0.5, 0.6) is 11.5 Å². The summed E-state index contributed by atoms with van der Waals surface area (Å²) >= 11 is 0. The Morgan fingerprint density at radius 2 is 1.18 bits per heavy atom. The lowest BCUT2D eigenvalue weighted by Crippen LogP contribution is -2.29. The second kappa shape index (κ2) is 9.20. The predicted molar refractivity (Wildman–Crippen MR) is 107 cm³/mol. The van der Waals surface area contributed by atoms with Gasteiger partial charge in [0.1, 0.15) is 11.5 Å². The summed E-state index contributed by atoms with van der Waals surface area (Å²) in [6.45, 7) is 0. The van der Waals surface area contributed by atoms with E-state index in [-0.39, 0.29) is 24.3 Å². The second-order valence-corrected chi connectivity index (χ2v) is 6.46. The van der Waals surface area contributed by atoms with Gasteiger partial charge in [-0.05, 0) is 48.2 Å². The molecule has 0 aliphatic rings. The van der Waals surface area contributed by atoms with Gasteiger partial charge in [0, 0.05) is 11.1 Å². The molecule has 0 aliphatic carbocycles. The van der Waals surface area contributed by atoms with Crippen LogP contribution in [-0.4, -0.2) is 48.2 Å². The van der Waals surface area contributed by atoms with Crippen LogP contribution in [0.4, 0.5) is 0 Å². The van der Waals surface area contributed by atoms with Gasteiger partial charge in [-0.15, -0.1) is 0 Å². The lowest BCUT2D eigenvalue weighted by atomic mass is 9.95. The summed E-state index contributed by atoms with van der Waals surface area (Å²) in [6, 6.07) is 8.28. The second-order valence-electron chi connectivity index (χ2n) is 6.46. The highest BCUT2D eigenvalue weighted by Gasteiger charge is 2.14. The number of amides is 2. The minimum absolute atomic E-state index is 0.0353. The van der Waals surface area contributed by atoms with Crippen LogP contribution < -0.4 is 11.5 Å². The third-order valence-electron chi connectivity index (χ3n) is 4.55. The SMILES string of the molecule is C[N-][C@@H](Cc1ccc(O)c(-c2cc(C[C@@H]([N-]C)C(N)=O)ccc2O)c1)C(N)=O. The summed E-state index contributed by atoms with van der Waals surface area (Å²) < 4.78 is 0. The van der Waals surface area contributed by atoms with Crippen molar-refractivity contribution in [2.75, 3.05) is 14.1 Å². The number of aromatic hydroxyl groups is 2. The van der Waals surface area contributed by atoms with Crippen molar-refractivity contribution in [2.45, 2.75) is 24.9 Å². The van der Waals surface area contributed by atoms with Crippen LogP contribution >= 0.6 is 0 Å². The largest absolute Gasteiger partial charge is 0.654 e. The summed E-state index contributed by atoms with van der Waals surface area (Å²) in [5, 5.41) is 28.5. The Labute approximate surface area is 163 Å². The number of benzene rings is 2. The number of phenols is 2. The standard InChI is InChI=1S/C20H24N4O4/c1-23-15(19(21)27)9-11-3-5-17(25)13(7-11)14-8-12(4-6-18(14)26)10-16(24-2)20(22)28/h3-8,15-16,25-26H,9-10H2,1-2H3,(H2,21,27)(H2,22,28)/q-2/t15-,16+. The summed E-state index contributed by atoms with van der Waals surface area (Å²) in [6.07, 6.45) is 0.552. The van der Waals surface area contributed by atoms with Crippen LogP contribution in [0.25, 0.3) is 21.8 Å². The molecule has 0 aliphatic heterocycles. The molecular formula is C20H24N4O4-2. The number of rotatable bonds is 9. The molecule has 8 heteroatoms. The van der Waals surface area contributed by atoms with Crippen molar-refractivity contribution < 1.29 is 19.8 Å². The minimum Gasteiger partial charge on any atom is -0.654 e. The van der Waals surface area contributed by atoms with Crippen LogP contribution in [0.15, 0.2) is 36.4 Å². The van der Waals surface area contributed by atoms with Crippen molar-refractivity contribution in [1.29, 1.82) is 0 Å². The molecule has 0 saturated carbocycles. The van der Waals surface area contributed by atoms with E-state index in [0.717, 1.165) is 11.1 Å². The first-order valence-corrected chi connectivity index (χ1v) is 8.67. The molecule has 2 amide bonds. The van der Waals surface area contributed by atoms with Gasteiger partial charge in [-0.1, -0.05) is 24.2 Å². The van der Waals surface area contributed by atoms with Gasteiger partial charge in [-0.25, -0.2) is 0 Å². The highest BCUT2D eigenvalue weighted by molar-refractivity contribution is 5.83. The Hall–Kier alpha value is -3.10. The smallest absolute Gasteiger partial charge is 0.200 e. The fraction of sp³-hybridized carbons (Fsp3) is 0.300. The first kappa shape index (κ1) is 21.2. The van der Waals surface area contributed by atoms with E-state index in [1.807, 2.05) is 0 Å². The predicted octanol–water partition coefficient (Wildman–Crippen LogP) is 1.56. The number of carbonyl (C=O) groups is 2. The van der Waals surface area contributed by atoms with Gasteiger partial charge in [-0.3, -0.25) is 9.59 Å². The van der Waals surface area contributed by atoms with Crippen molar-refractivity contribution in [2.24, 2.45) is 11.5 Å². The quantitative estimate of drug-likeness (QED) is 0.518. The Bertz CT molecular complexity index is 798. The monoisotopic (exact) mass is 384 g/mol. The molecule has 150 valence electrons. The van der Waals surface area contributed by atoms with Crippen molar-refractivity contribution in [1.82, 2.24) is 0 Å². The van der Waals surface area contributed by atoms with Crippen LogP contribution in [-0.2, 0) is 22.4 Å². The Morgan fingerprint density at radius 3 is 1.46 bits per heavy atom. The van der Waals surface area contributed by atoms with Crippen LogP contribution in [0.2, 0.25) is 0 Å². The van der Waals surface area contributed by atoms with Crippen LogP contribution in [0, 0.1) is 0 Å². The minimum atomic E-state index is -0.681. The molecule has 2 atom stereocenters. The maximum Gasteiger partial charge on any atom is 0.200 e. The van der Waals surface area contributed by atoms with Gasteiger partial charge in [0.15, 0.2) is 11.8 Å². The Morgan fingerprint density at radius 1 is 0.821 bits per heavy atom.